The summed E-state index contributed by atoms with van der Waals surface area (Å²) in [6.07, 6.45) is 0. The molecule has 0 heterocycles. The minimum Gasteiger partial charge on any atom is -0.265 e. The first-order valence-electron chi connectivity index (χ1n) is 12.6. The van der Waals surface area contributed by atoms with E-state index < -0.39 is 20.1 Å². The zero-order valence-electron chi connectivity index (χ0n) is 21.7. The summed E-state index contributed by atoms with van der Waals surface area (Å²) in [5.74, 6) is 0. The Labute approximate surface area is 229 Å². The minimum absolute atomic E-state index is 0.0288. The number of aryl methyl sites for hydroxylation is 2. The maximum atomic E-state index is 13.9. The third kappa shape index (κ3) is 5.74. The van der Waals surface area contributed by atoms with E-state index in [1.807, 2.05) is 62.4 Å². The van der Waals surface area contributed by atoms with Gasteiger partial charge in [-0.25, -0.2) is 8.42 Å². The maximum Gasteiger partial charge on any atom is 0.297 e. The van der Waals surface area contributed by atoms with Gasteiger partial charge in [-0.15, -0.1) is 0 Å². The summed E-state index contributed by atoms with van der Waals surface area (Å²) in [6.45, 7) is 3.32. The molecule has 0 radical (unpaired) electrons. The Hall–Kier alpha value is -3.56. The van der Waals surface area contributed by atoms with E-state index >= 15 is 0 Å². The molecule has 0 saturated carbocycles. The molecule has 39 heavy (non-hydrogen) atoms. The van der Waals surface area contributed by atoms with Crippen molar-refractivity contribution in [2.24, 2.45) is 0 Å². The van der Waals surface area contributed by atoms with E-state index in [1.165, 1.54) is 16.4 Å². The predicted octanol–water partition coefficient (Wildman–Crippen LogP) is 6.21. The van der Waals surface area contributed by atoms with E-state index in [0.717, 1.165) is 38.2 Å². The van der Waals surface area contributed by atoms with Gasteiger partial charge >= 0.3 is 0 Å². The van der Waals surface area contributed by atoms with E-state index in [4.69, 9.17) is 4.18 Å². The zero-order valence-corrected chi connectivity index (χ0v) is 23.4. The number of fused-ring (bicyclic) bond motifs is 2. The van der Waals surface area contributed by atoms with Crippen molar-refractivity contribution in [2.45, 2.75) is 30.2 Å². The molecule has 0 atom stereocenters. The maximum absolute atomic E-state index is 13.9. The fourth-order valence-electron chi connectivity index (χ4n) is 4.62. The molecule has 0 amide bonds. The monoisotopic (exact) mass is 559 g/mol. The third-order valence-corrected chi connectivity index (χ3v) is 9.95. The highest BCUT2D eigenvalue weighted by atomic mass is 32.2. The van der Waals surface area contributed by atoms with Crippen molar-refractivity contribution < 1.29 is 21.0 Å². The second kappa shape index (κ2) is 10.9. The van der Waals surface area contributed by atoms with Crippen molar-refractivity contribution in [3.8, 4) is 0 Å². The van der Waals surface area contributed by atoms with Gasteiger partial charge in [-0.3, -0.25) is 4.18 Å². The van der Waals surface area contributed by atoms with Gasteiger partial charge in [-0.1, -0.05) is 83.9 Å². The lowest BCUT2D eigenvalue weighted by molar-refractivity contribution is 0.273. The SMILES string of the molecule is Cc1ccc(S(=O)(=O)OCCN(Cc2c3ccccc3cc3ccccc23)S(=O)(=O)c2ccc(C)cc2)cc1. The lowest BCUT2D eigenvalue weighted by Gasteiger charge is -2.24. The van der Waals surface area contributed by atoms with Crippen LogP contribution < -0.4 is 0 Å². The van der Waals surface area contributed by atoms with Crippen molar-refractivity contribution >= 4 is 41.7 Å². The van der Waals surface area contributed by atoms with Crippen molar-refractivity contribution in [2.75, 3.05) is 13.2 Å². The Morgan fingerprint density at radius 2 is 1.13 bits per heavy atom. The summed E-state index contributed by atoms with van der Waals surface area (Å²) in [4.78, 5) is 0.167. The molecule has 0 aliphatic heterocycles. The normalized spacial score (nSPS) is 12.4. The molecular formula is C31H29NO5S2. The average molecular weight is 560 g/mol. The quantitative estimate of drug-likeness (QED) is 0.159. The van der Waals surface area contributed by atoms with E-state index in [9.17, 15) is 16.8 Å². The van der Waals surface area contributed by atoms with Gasteiger partial charge in [0.15, 0.2) is 0 Å². The zero-order chi connectivity index (χ0) is 27.6. The summed E-state index contributed by atoms with van der Waals surface area (Å²) in [7, 11) is -8.03. The van der Waals surface area contributed by atoms with Crippen LogP contribution in [0, 0.1) is 13.8 Å². The Balaban J connectivity index is 1.53. The Morgan fingerprint density at radius 3 is 1.67 bits per heavy atom. The molecule has 6 nitrogen and oxygen atoms in total. The first kappa shape index (κ1) is 27.0. The average Bonchev–Trinajstić information content (AvgIpc) is 2.92. The van der Waals surface area contributed by atoms with Crippen LogP contribution in [-0.2, 0) is 30.9 Å². The molecule has 0 aromatic heterocycles. The number of sulfonamides is 1. The van der Waals surface area contributed by atoms with Crippen LogP contribution in [0.5, 0.6) is 0 Å². The van der Waals surface area contributed by atoms with Crippen LogP contribution in [0.25, 0.3) is 21.5 Å². The van der Waals surface area contributed by atoms with Crippen molar-refractivity contribution in [3.05, 3.63) is 120 Å². The molecule has 200 valence electrons. The van der Waals surface area contributed by atoms with Gasteiger partial charge in [-0.05, 0) is 71.3 Å². The molecule has 0 unspecified atom stereocenters. The highest BCUT2D eigenvalue weighted by Crippen LogP contribution is 2.31. The van der Waals surface area contributed by atoms with Crippen molar-refractivity contribution in [1.82, 2.24) is 4.31 Å². The Morgan fingerprint density at radius 1 is 0.641 bits per heavy atom. The fraction of sp³-hybridized carbons (Fsp3) is 0.161. The minimum atomic E-state index is -4.05. The number of hydrogen-bond acceptors (Lipinski definition) is 5. The van der Waals surface area contributed by atoms with E-state index in [0.29, 0.717) is 0 Å². The van der Waals surface area contributed by atoms with Crippen LogP contribution in [0.3, 0.4) is 0 Å². The molecule has 5 aromatic carbocycles. The van der Waals surface area contributed by atoms with Crippen molar-refractivity contribution in [1.29, 1.82) is 0 Å². The number of rotatable bonds is 9. The van der Waals surface area contributed by atoms with Crippen LogP contribution in [0.4, 0.5) is 0 Å². The van der Waals surface area contributed by atoms with Gasteiger partial charge in [0.25, 0.3) is 10.1 Å². The smallest absolute Gasteiger partial charge is 0.265 e. The van der Waals surface area contributed by atoms with Gasteiger partial charge in [-0.2, -0.15) is 12.7 Å². The molecule has 0 bridgehead atoms. The van der Waals surface area contributed by atoms with Gasteiger partial charge in [0.1, 0.15) is 0 Å². The summed E-state index contributed by atoms with van der Waals surface area (Å²) in [6, 6.07) is 30.8. The van der Waals surface area contributed by atoms with Gasteiger partial charge in [0.05, 0.1) is 16.4 Å². The van der Waals surface area contributed by atoms with Gasteiger partial charge in [0.2, 0.25) is 10.0 Å². The molecule has 5 aromatic rings. The Kier molecular flexibility index (Phi) is 7.55. The molecule has 0 N–H and O–H groups in total. The summed E-state index contributed by atoms with van der Waals surface area (Å²) < 4.78 is 60.0. The molecule has 8 heteroatoms. The van der Waals surface area contributed by atoms with Crippen LogP contribution in [0.15, 0.2) is 113 Å². The molecule has 0 saturated heterocycles. The second-order valence-corrected chi connectivity index (χ2v) is 13.1. The first-order chi connectivity index (χ1) is 18.6. The van der Waals surface area contributed by atoms with Crippen LogP contribution in [0.2, 0.25) is 0 Å². The number of hydrogen-bond donors (Lipinski definition) is 0. The van der Waals surface area contributed by atoms with Crippen LogP contribution >= 0.6 is 0 Å². The van der Waals surface area contributed by atoms with Crippen LogP contribution in [0.1, 0.15) is 16.7 Å². The van der Waals surface area contributed by atoms with E-state index in [2.05, 4.69) is 6.07 Å². The molecule has 0 fully saturated rings. The first-order valence-corrected chi connectivity index (χ1v) is 15.4. The highest BCUT2D eigenvalue weighted by molar-refractivity contribution is 7.89. The largest absolute Gasteiger partial charge is 0.297 e. The summed E-state index contributed by atoms with van der Waals surface area (Å²) in [5.41, 5.74) is 2.71. The fourth-order valence-corrected chi connectivity index (χ4v) is 6.91. The topological polar surface area (TPSA) is 80.8 Å². The third-order valence-electron chi connectivity index (χ3n) is 6.76. The van der Waals surface area contributed by atoms with E-state index in [1.54, 1.807) is 36.4 Å². The van der Waals surface area contributed by atoms with Crippen LogP contribution in [-0.4, -0.2) is 34.3 Å². The number of nitrogens with zero attached hydrogens (tertiary/aromatic N) is 1. The van der Waals surface area contributed by atoms with Crippen molar-refractivity contribution in [3.63, 3.8) is 0 Å². The predicted molar refractivity (Wildman–Crippen MR) is 155 cm³/mol. The molecule has 0 aliphatic carbocycles. The molecule has 0 spiro atoms. The molecular weight excluding hydrogens is 530 g/mol. The van der Waals surface area contributed by atoms with Gasteiger partial charge in [0, 0.05) is 13.1 Å². The number of benzene rings is 5. The molecule has 5 rings (SSSR count). The summed E-state index contributed by atoms with van der Waals surface area (Å²) >= 11 is 0. The lowest BCUT2D eigenvalue weighted by atomic mass is 9.97. The lowest BCUT2D eigenvalue weighted by Crippen LogP contribution is -2.34. The standard InChI is InChI=1S/C31H29NO5S2/c1-23-11-15-27(16-12-23)38(33,34)32(19-20-37-39(35,36)28-17-13-24(2)14-18-28)22-31-29-9-5-3-7-25(29)21-26-8-4-6-10-30(26)31/h3-18,21H,19-20,22H2,1-2H3. The highest BCUT2D eigenvalue weighted by Gasteiger charge is 2.27. The molecule has 0 aliphatic rings. The van der Waals surface area contributed by atoms with Gasteiger partial charge < -0.3 is 0 Å². The Bertz CT molecular complexity index is 1790. The van der Waals surface area contributed by atoms with E-state index in [-0.39, 0.29) is 29.5 Å². The second-order valence-electron chi connectivity index (χ2n) is 9.54. The summed E-state index contributed by atoms with van der Waals surface area (Å²) in [5, 5.41) is 3.87.